The predicted molar refractivity (Wildman–Crippen MR) is 59.5 cm³/mol. The van der Waals surface area contributed by atoms with E-state index in [1.807, 2.05) is 0 Å². The van der Waals surface area contributed by atoms with Gasteiger partial charge in [0, 0.05) is 39.2 Å². The van der Waals surface area contributed by atoms with Crippen LogP contribution in [0.15, 0.2) is 0 Å². The van der Waals surface area contributed by atoms with Crippen molar-refractivity contribution in [2.45, 2.75) is 32.7 Å². The summed E-state index contributed by atoms with van der Waals surface area (Å²) in [6.45, 7) is 6.89. The minimum absolute atomic E-state index is 0.0668. The van der Waals surface area contributed by atoms with E-state index >= 15 is 0 Å². The molecule has 0 aromatic carbocycles. The molecule has 88 valence electrons. The van der Waals surface area contributed by atoms with Crippen molar-refractivity contribution in [3.05, 3.63) is 0 Å². The molecule has 1 aliphatic rings. The molecule has 4 heteroatoms. The molecule has 2 N–H and O–H groups in total. The molecule has 0 aliphatic carbocycles. The number of nitrogens with zero attached hydrogens (tertiary/aromatic N) is 1. The highest BCUT2D eigenvalue weighted by Gasteiger charge is 2.20. The Morgan fingerprint density at radius 1 is 1.53 bits per heavy atom. The molecule has 1 heterocycles. The molecule has 0 radical (unpaired) electrons. The first kappa shape index (κ1) is 12.5. The molecule has 1 saturated heterocycles. The minimum atomic E-state index is 0.0668. The van der Waals surface area contributed by atoms with Gasteiger partial charge in [-0.3, -0.25) is 4.79 Å². The SMILES string of the molecule is CC(=O)NC1CCN(CC(C)CO)CC1. The van der Waals surface area contributed by atoms with E-state index in [2.05, 4.69) is 17.1 Å². The second-order valence-corrected chi connectivity index (χ2v) is 4.56. The van der Waals surface area contributed by atoms with Crippen LogP contribution < -0.4 is 5.32 Å². The van der Waals surface area contributed by atoms with Gasteiger partial charge in [0.25, 0.3) is 0 Å². The third-order valence-electron chi connectivity index (χ3n) is 2.88. The maximum Gasteiger partial charge on any atom is 0.217 e. The molecule has 4 nitrogen and oxygen atoms in total. The minimum Gasteiger partial charge on any atom is -0.396 e. The predicted octanol–water partition coefficient (Wildman–Crippen LogP) is 0.215. The van der Waals surface area contributed by atoms with Gasteiger partial charge in [0.2, 0.25) is 5.91 Å². The average molecular weight is 214 g/mol. The number of likely N-dealkylation sites (tertiary alicyclic amines) is 1. The number of carbonyl (C=O) groups is 1. The molecule has 0 aromatic rings. The topological polar surface area (TPSA) is 52.6 Å². The number of piperidine rings is 1. The number of hydrogen-bond donors (Lipinski definition) is 2. The van der Waals surface area contributed by atoms with E-state index < -0.39 is 0 Å². The van der Waals surface area contributed by atoms with Crippen LogP contribution in [0.25, 0.3) is 0 Å². The lowest BCUT2D eigenvalue weighted by atomic mass is 10.0. The molecule has 0 saturated carbocycles. The third kappa shape index (κ3) is 4.62. The van der Waals surface area contributed by atoms with E-state index in [9.17, 15) is 4.79 Å². The normalized spacial score (nSPS) is 21.3. The molecule has 0 spiro atoms. The Labute approximate surface area is 91.6 Å². The van der Waals surface area contributed by atoms with Crippen LogP contribution in [-0.4, -0.2) is 48.2 Å². The Bertz CT molecular complexity index is 201. The van der Waals surface area contributed by atoms with Gasteiger partial charge >= 0.3 is 0 Å². The van der Waals surface area contributed by atoms with Crippen LogP contribution in [0.3, 0.4) is 0 Å². The second-order valence-electron chi connectivity index (χ2n) is 4.56. The number of carbonyl (C=O) groups excluding carboxylic acids is 1. The fourth-order valence-electron chi connectivity index (χ4n) is 2.05. The zero-order valence-corrected chi connectivity index (χ0v) is 9.70. The van der Waals surface area contributed by atoms with Gasteiger partial charge in [0.1, 0.15) is 0 Å². The number of aliphatic hydroxyl groups is 1. The van der Waals surface area contributed by atoms with Crippen molar-refractivity contribution in [2.24, 2.45) is 5.92 Å². The van der Waals surface area contributed by atoms with Crippen LogP contribution in [0.5, 0.6) is 0 Å². The number of aliphatic hydroxyl groups excluding tert-OH is 1. The van der Waals surface area contributed by atoms with Gasteiger partial charge in [0.05, 0.1) is 0 Å². The molecule has 1 aliphatic heterocycles. The van der Waals surface area contributed by atoms with Crippen molar-refractivity contribution in [1.29, 1.82) is 0 Å². The Morgan fingerprint density at radius 2 is 2.13 bits per heavy atom. The first-order chi connectivity index (χ1) is 7.11. The first-order valence-corrected chi connectivity index (χ1v) is 5.72. The van der Waals surface area contributed by atoms with E-state index in [-0.39, 0.29) is 12.5 Å². The van der Waals surface area contributed by atoms with Gasteiger partial charge in [-0.2, -0.15) is 0 Å². The number of hydrogen-bond acceptors (Lipinski definition) is 3. The lowest BCUT2D eigenvalue weighted by molar-refractivity contribution is -0.119. The summed E-state index contributed by atoms with van der Waals surface area (Å²) in [6, 6.07) is 0.350. The summed E-state index contributed by atoms with van der Waals surface area (Å²) in [6.07, 6.45) is 2.05. The smallest absolute Gasteiger partial charge is 0.217 e. The summed E-state index contributed by atoms with van der Waals surface area (Å²) in [5.41, 5.74) is 0. The molecule has 1 unspecified atom stereocenters. The van der Waals surface area contributed by atoms with Crippen molar-refractivity contribution >= 4 is 5.91 Å². The van der Waals surface area contributed by atoms with Crippen molar-refractivity contribution in [2.75, 3.05) is 26.2 Å². The van der Waals surface area contributed by atoms with E-state index in [1.165, 1.54) is 0 Å². The zero-order chi connectivity index (χ0) is 11.3. The van der Waals surface area contributed by atoms with Crippen LogP contribution in [0.2, 0.25) is 0 Å². The highest BCUT2D eigenvalue weighted by molar-refractivity contribution is 5.73. The Balaban J connectivity index is 2.20. The van der Waals surface area contributed by atoms with Crippen molar-refractivity contribution in [3.63, 3.8) is 0 Å². The summed E-state index contributed by atoms with van der Waals surface area (Å²) in [5, 5.41) is 11.9. The van der Waals surface area contributed by atoms with Gasteiger partial charge in [-0.15, -0.1) is 0 Å². The molecular weight excluding hydrogens is 192 g/mol. The molecule has 1 rings (SSSR count). The first-order valence-electron chi connectivity index (χ1n) is 5.72. The number of amides is 1. The lowest BCUT2D eigenvalue weighted by Gasteiger charge is -2.33. The third-order valence-corrected chi connectivity index (χ3v) is 2.88. The molecule has 1 amide bonds. The molecule has 15 heavy (non-hydrogen) atoms. The molecular formula is C11H22N2O2. The molecule has 1 atom stereocenters. The quantitative estimate of drug-likeness (QED) is 0.703. The van der Waals surface area contributed by atoms with Crippen LogP contribution in [0, 0.1) is 5.92 Å². The largest absolute Gasteiger partial charge is 0.396 e. The van der Waals surface area contributed by atoms with Gasteiger partial charge < -0.3 is 15.3 Å². The van der Waals surface area contributed by atoms with Crippen molar-refractivity contribution in [3.8, 4) is 0 Å². The molecule has 1 fully saturated rings. The van der Waals surface area contributed by atoms with Crippen LogP contribution >= 0.6 is 0 Å². The van der Waals surface area contributed by atoms with E-state index in [0.29, 0.717) is 12.0 Å². The van der Waals surface area contributed by atoms with E-state index in [4.69, 9.17) is 5.11 Å². The zero-order valence-electron chi connectivity index (χ0n) is 9.70. The maximum atomic E-state index is 10.9. The summed E-state index contributed by atoms with van der Waals surface area (Å²) in [7, 11) is 0. The summed E-state index contributed by atoms with van der Waals surface area (Å²) in [5.74, 6) is 0.416. The monoisotopic (exact) mass is 214 g/mol. The van der Waals surface area contributed by atoms with E-state index in [1.54, 1.807) is 6.92 Å². The Morgan fingerprint density at radius 3 is 2.60 bits per heavy atom. The van der Waals surface area contributed by atoms with Crippen LogP contribution in [0.1, 0.15) is 26.7 Å². The van der Waals surface area contributed by atoms with Crippen molar-refractivity contribution in [1.82, 2.24) is 10.2 Å². The summed E-state index contributed by atoms with van der Waals surface area (Å²) in [4.78, 5) is 13.2. The number of nitrogens with one attached hydrogen (secondary N) is 1. The highest BCUT2D eigenvalue weighted by Crippen LogP contribution is 2.11. The van der Waals surface area contributed by atoms with E-state index in [0.717, 1.165) is 32.5 Å². The fourth-order valence-corrected chi connectivity index (χ4v) is 2.05. The highest BCUT2D eigenvalue weighted by atomic mass is 16.3. The molecule has 0 aromatic heterocycles. The van der Waals surface area contributed by atoms with Gasteiger partial charge in [-0.1, -0.05) is 6.92 Å². The van der Waals surface area contributed by atoms with Crippen LogP contribution in [0.4, 0.5) is 0 Å². The van der Waals surface area contributed by atoms with Gasteiger partial charge in [0.15, 0.2) is 0 Å². The Hall–Kier alpha value is -0.610. The standard InChI is InChI=1S/C11H22N2O2/c1-9(8-14)7-13-5-3-11(4-6-13)12-10(2)15/h9,11,14H,3-8H2,1-2H3,(H,12,15). The number of rotatable bonds is 4. The summed E-state index contributed by atoms with van der Waals surface area (Å²) >= 11 is 0. The van der Waals surface area contributed by atoms with Gasteiger partial charge in [-0.05, 0) is 18.8 Å². The second kappa shape index (κ2) is 6.08. The van der Waals surface area contributed by atoms with Gasteiger partial charge in [-0.25, -0.2) is 0 Å². The lowest BCUT2D eigenvalue weighted by Crippen LogP contribution is -2.45. The van der Waals surface area contributed by atoms with Crippen molar-refractivity contribution < 1.29 is 9.90 Å². The maximum absolute atomic E-state index is 10.9. The fraction of sp³-hybridized carbons (Fsp3) is 0.909. The van der Waals surface area contributed by atoms with Crippen LogP contribution in [-0.2, 0) is 4.79 Å². The summed E-state index contributed by atoms with van der Waals surface area (Å²) < 4.78 is 0. The average Bonchev–Trinajstić information content (AvgIpc) is 2.20. The molecule has 0 bridgehead atoms. The Kier molecular flexibility index (Phi) is 5.05.